The molecule has 0 aromatic carbocycles. The molecule has 0 unspecified atom stereocenters. The van der Waals surface area contributed by atoms with Crippen molar-refractivity contribution in [3.63, 3.8) is 0 Å². The van der Waals surface area contributed by atoms with Gasteiger partial charge in [0.1, 0.15) is 11.4 Å². The molecule has 2 N–H and O–H groups in total. The fourth-order valence-corrected chi connectivity index (χ4v) is 1.39. The van der Waals surface area contributed by atoms with Crippen molar-refractivity contribution in [1.82, 2.24) is 15.2 Å². The standard InChI is InChI=1S/C10H9ClN4/c11-8-2-1-5-13-10(8)9-4-3-7(6-12)14-15-9/h1-5H,6,12H2. The first-order chi connectivity index (χ1) is 7.31. The molecule has 0 fully saturated rings. The minimum Gasteiger partial charge on any atom is -0.325 e. The van der Waals surface area contributed by atoms with Crippen LogP contribution in [0.25, 0.3) is 11.4 Å². The molecule has 0 aliphatic heterocycles. The normalized spacial score (nSPS) is 10.3. The summed E-state index contributed by atoms with van der Waals surface area (Å²) in [6.45, 7) is 0.378. The highest BCUT2D eigenvalue weighted by Crippen LogP contribution is 2.22. The molecule has 5 heteroatoms. The maximum Gasteiger partial charge on any atom is 0.113 e. The van der Waals surface area contributed by atoms with E-state index in [2.05, 4.69) is 15.2 Å². The largest absolute Gasteiger partial charge is 0.325 e. The van der Waals surface area contributed by atoms with E-state index in [1.807, 2.05) is 12.1 Å². The molecule has 0 saturated heterocycles. The van der Waals surface area contributed by atoms with E-state index in [4.69, 9.17) is 17.3 Å². The number of hydrogen-bond donors (Lipinski definition) is 1. The Hall–Kier alpha value is -1.52. The van der Waals surface area contributed by atoms with E-state index in [0.29, 0.717) is 23.0 Å². The van der Waals surface area contributed by atoms with Crippen molar-refractivity contribution in [1.29, 1.82) is 0 Å². The lowest BCUT2D eigenvalue weighted by molar-refractivity contribution is 0.900. The molecule has 0 atom stereocenters. The van der Waals surface area contributed by atoms with Crippen LogP contribution in [0.3, 0.4) is 0 Å². The molecule has 15 heavy (non-hydrogen) atoms. The van der Waals surface area contributed by atoms with E-state index >= 15 is 0 Å². The second kappa shape index (κ2) is 4.33. The van der Waals surface area contributed by atoms with E-state index in [9.17, 15) is 0 Å². The van der Waals surface area contributed by atoms with Gasteiger partial charge in [-0.05, 0) is 24.3 Å². The Labute approximate surface area is 92.1 Å². The zero-order valence-corrected chi connectivity index (χ0v) is 8.65. The molecule has 2 aromatic heterocycles. The van der Waals surface area contributed by atoms with Crippen molar-refractivity contribution < 1.29 is 0 Å². The van der Waals surface area contributed by atoms with Gasteiger partial charge in [0.25, 0.3) is 0 Å². The summed E-state index contributed by atoms with van der Waals surface area (Å²) in [7, 11) is 0. The van der Waals surface area contributed by atoms with Gasteiger partial charge in [-0.3, -0.25) is 4.98 Å². The average Bonchev–Trinajstić information content (AvgIpc) is 2.30. The molecule has 4 nitrogen and oxygen atoms in total. The Morgan fingerprint density at radius 1 is 1.20 bits per heavy atom. The van der Waals surface area contributed by atoms with Crippen molar-refractivity contribution in [2.45, 2.75) is 6.54 Å². The van der Waals surface area contributed by atoms with Crippen molar-refractivity contribution in [2.24, 2.45) is 5.73 Å². The lowest BCUT2D eigenvalue weighted by Gasteiger charge is -2.01. The summed E-state index contributed by atoms with van der Waals surface area (Å²) < 4.78 is 0. The van der Waals surface area contributed by atoms with Crippen LogP contribution in [-0.2, 0) is 6.54 Å². The zero-order chi connectivity index (χ0) is 10.7. The van der Waals surface area contributed by atoms with Crippen LogP contribution in [0.2, 0.25) is 5.02 Å². The van der Waals surface area contributed by atoms with Gasteiger partial charge in [0.05, 0.1) is 10.7 Å². The van der Waals surface area contributed by atoms with Gasteiger partial charge >= 0.3 is 0 Å². The first kappa shape index (κ1) is 10.0. The number of aromatic nitrogens is 3. The smallest absolute Gasteiger partial charge is 0.113 e. The molecule has 0 bridgehead atoms. The van der Waals surface area contributed by atoms with Crippen LogP contribution >= 0.6 is 11.6 Å². The summed E-state index contributed by atoms with van der Waals surface area (Å²) in [5.74, 6) is 0. The highest BCUT2D eigenvalue weighted by Gasteiger charge is 2.05. The van der Waals surface area contributed by atoms with Crippen LogP contribution in [0.5, 0.6) is 0 Å². The highest BCUT2D eigenvalue weighted by atomic mass is 35.5. The Kier molecular flexibility index (Phi) is 2.89. The second-order valence-electron chi connectivity index (χ2n) is 2.95. The van der Waals surface area contributed by atoms with E-state index in [1.165, 1.54) is 0 Å². The first-order valence-electron chi connectivity index (χ1n) is 4.45. The van der Waals surface area contributed by atoms with Crippen molar-refractivity contribution in [3.8, 4) is 11.4 Å². The van der Waals surface area contributed by atoms with Crippen molar-refractivity contribution in [3.05, 3.63) is 41.2 Å². The van der Waals surface area contributed by atoms with Gasteiger partial charge in [0.15, 0.2) is 0 Å². The minimum atomic E-state index is 0.378. The Morgan fingerprint density at radius 2 is 2.07 bits per heavy atom. The van der Waals surface area contributed by atoms with Crippen molar-refractivity contribution >= 4 is 11.6 Å². The van der Waals surface area contributed by atoms with Crippen molar-refractivity contribution in [2.75, 3.05) is 0 Å². The van der Waals surface area contributed by atoms with E-state index in [0.717, 1.165) is 5.69 Å². The zero-order valence-electron chi connectivity index (χ0n) is 7.89. The van der Waals surface area contributed by atoms with E-state index in [1.54, 1.807) is 18.3 Å². The number of pyridine rings is 1. The lowest BCUT2D eigenvalue weighted by atomic mass is 10.2. The monoisotopic (exact) mass is 220 g/mol. The number of nitrogens with zero attached hydrogens (tertiary/aromatic N) is 3. The molecule has 76 valence electrons. The number of hydrogen-bond acceptors (Lipinski definition) is 4. The topological polar surface area (TPSA) is 64.7 Å². The van der Waals surface area contributed by atoms with Crippen LogP contribution in [-0.4, -0.2) is 15.2 Å². The molecule has 0 saturated carbocycles. The van der Waals surface area contributed by atoms with Gasteiger partial charge in [-0.1, -0.05) is 11.6 Å². The molecular formula is C10H9ClN4. The van der Waals surface area contributed by atoms with Crippen LogP contribution in [0, 0.1) is 0 Å². The molecule has 2 aromatic rings. The predicted molar refractivity (Wildman–Crippen MR) is 58.2 cm³/mol. The van der Waals surface area contributed by atoms with Gasteiger partial charge in [-0.15, -0.1) is 5.10 Å². The molecular weight excluding hydrogens is 212 g/mol. The minimum absolute atomic E-state index is 0.378. The quantitative estimate of drug-likeness (QED) is 0.836. The third kappa shape index (κ3) is 2.11. The number of rotatable bonds is 2. The summed E-state index contributed by atoms with van der Waals surface area (Å²) in [6, 6.07) is 7.16. The maximum atomic E-state index is 5.98. The summed E-state index contributed by atoms with van der Waals surface area (Å²) in [5.41, 5.74) is 7.45. The molecule has 0 aliphatic carbocycles. The van der Waals surface area contributed by atoms with Gasteiger partial charge in [0, 0.05) is 12.7 Å². The average molecular weight is 221 g/mol. The number of halogens is 1. The number of nitrogens with two attached hydrogens (primary N) is 1. The van der Waals surface area contributed by atoms with Gasteiger partial charge in [-0.25, -0.2) is 0 Å². The summed E-state index contributed by atoms with van der Waals surface area (Å²) in [6.07, 6.45) is 1.67. The SMILES string of the molecule is NCc1ccc(-c2ncccc2Cl)nn1. The van der Waals surface area contributed by atoms with Crippen LogP contribution in [0.1, 0.15) is 5.69 Å². The third-order valence-electron chi connectivity index (χ3n) is 1.93. The van der Waals surface area contributed by atoms with Gasteiger partial charge < -0.3 is 5.73 Å². The van der Waals surface area contributed by atoms with Crippen LogP contribution in [0.4, 0.5) is 0 Å². The summed E-state index contributed by atoms with van der Waals surface area (Å²) in [4.78, 5) is 4.14. The Balaban J connectivity index is 2.42. The third-order valence-corrected chi connectivity index (χ3v) is 2.23. The van der Waals surface area contributed by atoms with E-state index in [-0.39, 0.29) is 0 Å². The maximum absolute atomic E-state index is 5.98. The fourth-order valence-electron chi connectivity index (χ4n) is 1.17. The Bertz CT molecular complexity index is 455. The summed E-state index contributed by atoms with van der Waals surface area (Å²) in [5, 5.41) is 8.51. The van der Waals surface area contributed by atoms with Crippen LogP contribution in [0.15, 0.2) is 30.5 Å². The highest BCUT2D eigenvalue weighted by molar-refractivity contribution is 6.32. The molecule has 0 aliphatic rings. The summed E-state index contributed by atoms with van der Waals surface area (Å²) >= 11 is 5.98. The lowest BCUT2D eigenvalue weighted by Crippen LogP contribution is -2.01. The molecule has 2 rings (SSSR count). The molecule has 0 amide bonds. The molecule has 2 heterocycles. The predicted octanol–water partition coefficient (Wildman–Crippen LogP) is 1.65. The van der Waals surface area contributed by atoms with Crippen LogP contribution < -0.4 is 5.73 Å². The van der Waals surface area contributed by atoms with Gasteiger partial charge in [-0.2, -0.15) is 5.10 Å². The second-order valence-corrected chi connectivity index (χ2v) is 3.36. The van der Waals surface area contributed by atoms with Gasteiger partial charge in [0.2, 0.25) is 0 Å². The first-order valence-corrected chi connectivity index (χ1v) is 4.82. The Morgan fingerprint density at radius 3 is 2.67 bits per heavy atom. The molecule has 0 spiro atoms. The van der Waals surface area contributed by atoms with E-state index < -0.39 is 0 Å². The fraction of sp³-hybridized carbons (Fsp3) is 0.100. The molecule has 0 radical (unpaired) electrons.